The minimum absolute atomic E-state index is 0.699. The van der Waals surface area contributed by atoms with Gasteiger partial charge in [-0.15, -0.1) is 0 Å². The van der Waals surface area contributed by atoms with Gasteiger partial charge in [-0.1, -0.05) is 13.8 Å². The molecule has 1 unspecified atom stereocenters. The molecule has 1 N–H and O–H groups in total. The molecule has 4 nitrogen and oxygen atoms in total. The van der Waals surface area contributed by atoms with Gasteiger partial charge in [0.25, 0.3) is 0 Å². The molecule has 1 fully saturated rings. The number of rotatable bonds is 7. The summed E-state index contributed by atoms with van der Waals surface area (Å²) in [4.78, 5) is 2.62. The first-order valence-electron chi connectivity index (χ1n) is 7.78. The molecule has 1 aliphatic rings. The summed E-state index contributed by atoms with van der Waals surface area (Å²) in [6.07, 6.45) is 3.69. The molecule has 4 heteroatoms. The highest BCUT2D eigenvalue weighted by Crippen LogP contribution is 2.20. The van der Waals surface area contributed by atoms with Crippen LogP contribution in [0, 0.1) is 0 Å². The number of nitrogens with zero attached hydrogens (tertiary/aromatic N) is 3. The van der Waals surface area contributed by atoms with E-state index >= 15 is 0 Å². The molecule has 0 amide bonds. The maximum absolute atomic E-state index is 4.65. The van der Waals surface area contributed by atoms with Gasteiger partial charge in [0.2, 0.25) is 0 Å². The second-order valence-electron chi connectivity index (χ2n) is 5.37. The van der Waals surface area contributed by atoms with Gasteiger partial charge >= 0.3 is 0 Å². The minimum atomic E-state index is 0.699. The lowest BCUT2D eigenvalue weighted by atomic mass is 10.2. The summed E-state index contributed by atoms with van der Waals surface area (Å²) in [5.41, 5.74) is 2.60. The van der Waals surface area contributed by atoms with Crippen molar-refractivity contribution in [1.29, 1.82) is 0 Å². The molecule has 0 saturated carbocycles. The van der Waals surface area contributed by atoms with Crippen LogP contribution in [0.2, 0.25) is 0 Å². The molecule has 1 aromatic heterocycles. The average molecular weight is 264 g/mol. The highest BCUT2D eigenvalue weighted by Gasteiger charge is 2.25. The SMILES string of the molecule is CCNCC1CCCN1Cc1cc(CC)nn1CC. The van der Waals surface area contributed by atoms with Crippen LogP contribution in [0.4, 0.5) is 0 Å². The number of likely N-dealkylation sites (tertiary alicyclic amines) is 1. The fourth-order valence-corrected chi connectivity index (χ4v) is 2.94. The Hall–Kier alpha value is -0.870. The summed E-state index contributed by atoms with van der Waals surface area (Å²) in [5, 5.41) is 8.14. The fraction of sp³-hybridized carbons (Fsp3) is 0.800. The molecule has 2 heterocycles. The number of hydrogen-bond donors (Lipinski definition) is 1. The van der Waals surface area contributed by atoms with Crippen molar-refractivity contribution in [3.8, 4) is 0 Å². The molecule has 1 aliphatic heterocycles. The highest BCUT2D eigenvalue weighted by molar-refractivity contribution is 5.11. The predicted molar refractivity (Wildman–Crippen MR) is 79.3 cm³/mol. The van der Waals surface area contributed by atoms with Gasteiger partial charge in [-0.2, -0.15) is 5.10 Å². The zero-order chi connectivity index (χ0) is 13.7. The standard InChI is InChI=1S/C15H28N4/c1-4-13-10-15(19(6-3)17-13)12-18-9-7-8-14(18)11-16-5-2/h10,14,16H,4-9,11-12H2,1-3H3. The van der Waals surface area contributed by atoms with E-state index < -0.39 is 0 Å². The number of aryl methyl sites for hydroxylation is 2. The van der Waals surface area contributed by atoms with E-state index in [-0.39, 0.29) is 0 Å². The largest absolute Gasteiger partial charge is 0.315 e. The lowest BCUT2D eigenvalue weighted by molar-refractivity contribution is 0.233. The maximum atomic E-state index is 4.65. The van der Waals surface area contributed by atoms with E-state index in [1.54, 1.807) is 0 Å². The van der Waals surface area contributed by atoms with Crippen molar-refractivity contribution in [3.05, 3.63) is 17.5 Å². The van der Waals surface area contributed by atoms with Crippen molar-refractivity contribution in [2.24, 2.45) is 0 Å². The van der Waals surface area contributed by atoms with Crippen LogP contribution < -0.4 is 5.32 Å². The van der Waals surface area contributed by atoms with Crippen LogP contribution in [0.1, 0.15) is 45.0 Å². The van der Waals surface area contributed by atoms with Crippen molar-refractivity contribution in [1.82, 2.24) is 20.0 Å². The molecule has 1 atom stereocenters. The first-order chi connectivity index (χ1) is 9.28. The molecule has 0 radical (unpaired) electrons. The summed E-state index contributed by atoms with van der Waals surface area (Å²) in [5.74, 6) is 0. The van der Waals surface area contributed by atoms with Crippen LogP contribution in [-0.4, -0.2) is 40.4 Å². The van der Waals surface area contributed by atoms with Gasteiger partial charge in [-0.3, -0.25) is 9.58 Å². The van der Waals surface area contributed by atoms with Crippen LogP contribution in [-0.2, 0) is 19.5 Å². The monoisotopic (exact) mass is 264 g/mol. The van der Waals surface area contributed by atoms with Crippen LogP contribution in [0.3, 0.4) is 0 Å². The topological polar surface area (TPSA) is 33.1 Å². The molecule has 0 bridgehead atoms. The van der Waals surface area contributed by atoms with Gasteiger partial charge in [0.15, 0.2) is 0 Å². The lowest BCUT2D eigenvalue weighted by Crippen LogP contribution is -2.37. The highest BCUT2D eigenvalue weighted by atomic mass is 15.3. The van der Waals surface area contributed by atoms with Gasteiger partial charge in [0.05, 0.1) is 11.4 Å². The van der Waals surface area contributed by atoms with Crippen LogP contribution in [0.5, 0.6) is 0 Å². The second-order valence-corrected chi connectivity index (χ2v) is 5.37. The Bertz CT molecular complexity index is 385. The Labute approximate surface area is 117 Å². The number of hydrogen-bond acceptors (Lipinski definition) is 3. The van der Waals surface area contributed by atoms with Crippen LogP contribution in [0.25, 0.3) is 0 Å². The molecule has 0 spiro atoms. The first kappa shape index (κ1) is 14.5. The molecule has 19 heavy (non-hydrogen) atoms. The lowest BCUT2D eigenvalue weighted by Gasteiger charge is -2.24. The van der Waals surface area contributed by atoms with E-state index in [0.717, 1.165) is 32.6 Å². The van der Waals surface area contributed by atoms with Crippen LogP contribution in [0.15, 0.2) is 6.07 Å². The van der Waals surface area contributed by atoms with E-state index in [1.165, 1.54) is 30.8 Å². The van der Waals surface area contributed by atoms with Gasteiger partial charge in [0.1, 0.15) is 0 Å². The normalized spacial score (nSPS) is 20.3. The summed E-state index contributed by atoms with van der Waals surface area (Å²) in [7, 11) is 0. The number of likely N-dealkylation sites (N-methyl/N-ethyl adjacent to an activating group) is 1. The molecule has 2 rings (SSSR count). The molecule has 0 aromatic carbocycles. The smallest absolute Gasteiger partial charge is 0.0625 e. The summed E-state index contributed by atoms with van der Waals surface area (Å²) < 4.78 is 2.17. The quantitative estimate of drug-likeness (QED) is 0.818. The maximum Gasteiger partial charge on any atom is 0.0625 e. The van der Waals surface area contributed by atoms with Gasteiger partial charge in [-0.05, 0) is 45.3 Å². The number of aromatic nitrogens is 2. The van der Waals surface area contributed by atoms with E-state index in [9.17, 15) is 0 Å². The van der Waals surface area contributed by atoms with Crippen molar-refractivity contribution in [2.75, 3.05) is 19.6 Å². The Balaban J connectivity index is 2.00. The van der Waals surface area contributed by atoms with E-state index in [2.05, 4.69) is 46.8 Å². The summed E-state index contributed by atoms with van der Waals surface area (Å²) in [6.45, 7) is 12.0. The predicted octanol–water partition coefficient (Wildman–Crippen LogP) is 2.04. The third-order valence-electron chi connectivity index (χ3n) is 4.07. The molecule has 0 aliphatic carbocycles. The van der Waals surface area contributed by atoms with Gasteiger partial charge in [-0.25, -0.2) is 0 Å². The minimum Gasteiger partial charge on any atom is -0.315 e. The fourth-order valence-electron chi connectivity index (χ4n) is 2.94. The first-order valence-corrected chi connectivity index (χ1v) is 7.78. The Kier molecular flexibility index (Phi) is 5.40. The molecule has 1 saturated heterocycles. The van der Waals surface area contributed by atoms with Gasteiger partial charge in [0, 0.05) is 25.7 Å². The molecular formula is C15H28N4. The average Bonchev–Trinajstić information content (AvgIpc) is 3.03. The molecule has 1 aromatic rings. The Morgan fingerprint density at radius 2 is 2.21 bits per heavy atom. The van der Waals surface area contributed by atoms with E-state index in [1.807, 2.05) is 0 Å². The number of nitrogens with one attached hydrogen (secondary N) is 1. The zero-order valence-corrected chi connectivity index (χ0v) is 12.7. The van der Waals surface area contributed by atoms with Crippen LogP contribution >= 0.6 is 0 Å². The molecule has 108 valence electrons. The third kappa shape index (κ3) is 3.57. The van der Waals surface area contributed by atoms with Crippen molar-refractivity contribution in [2.45, 2.75) is 59.2 Å². The second kappa shape index (κ2) is 7.06. The third-order valence-corrected chi connectivity index (χ3v) is 4.07. The molecular weight excluding hydrogens is 236 g/mol. The summed E-state index contributed by atoms with van der Waals surface area (Å²) >= 11 is 0. The van der Waals surface area contributed by atoms with E-state index in [4.69, 9.17) is 0 Å². The van der Waals surface area contributed by atoms with E-state index in [0.29, 0.717) is 6.04 Å². The Morgan fingerprint density at radius 1 is 1.37 bits per heavy atom. The van der Waals surface area contributed by atoms with Gasteiger partial charge < -0.3 is 5.32 Å². The van der Waals surface area contributed by atoms with Crippen molar-refractivity contribution in [3.63, 3.8) is 0 Å². The van der Waals surface area contributed by atoms with Crippen molar-refractivity contribution < 1.29 is 0 Å². The summed E-state index contributed by atoms with van der Waals surface area (Å²) in [6, 6.07) is 2.98. The Morgan fingerprint density at radius 3 is 2.89 bits per heavy atom. The van der Waals surface area contributed by atoms with Crippen molar-refractivity contribution >= 4 is 0 Å². The zero-order valence-electron chi connectivity index (χ0n) is 12.7.